The summed E-state index contributed by atoms with van der Waals surface area (Å²) in [6.45, 7) is 5.54. The summed E-state index contributed by atoms with van der Waals surface area (Å²) in [5, 5.41) is 3.04. The molecule has 1 atom stereocenters. The highest BCUT2D eigenvalue weighted by Gasteiger charge is 2.26. The molecule has 0 saturated carbocycles. The SMILES string of the molecule is CC(C)COc1cc([C@@H](C)NS(=O)(=O)/C=C/COCN2CC(=O)NC2=O)ccc1F. The number of amides is 3. The second-order valence-electron chi connectivity index (χ2n) is 7.20. The molecule has 2 rings (SSSR count). The van der Waals surface area contributed by atoms with Gasteiger partial charge < -0.3 is 9.47 Å². The number of hydrogen-bond donors (Lipinski definition) is 2. The lowest BCUT2D eigenvalue weighted by molar-refractivity contribution is -0.118. The number of carbonyl (C=O) groups is 2. The minimum absolute atomic E-state index is 0.0700. The van der Waals surface area contributed by atoms with Crippen LogP contribution in [0.3, 0.4) is 0 Å². The molecule has 0 bridgehead atoms. The van der Waals surface area contributed by atoms with E-state index in [2.05, 4.69) is 10.0 Å². The molecule has 166 valence electrons. The normalized spacial score (nSPS) is 15.8. The Morgan fingerprint density at radius 2 is 2.03 bits per heavy atom. The molecule has 1 saturated heterocycles. The molecule has 0 spiro atoms. The van der Waals surface area contributed by atoms with Gasteiger partial charge in [0.2, 0.25) is 15.9 Å². The first kappa shape index (κ1) is 23.8. The Balaban J connectivity index is 1.86. The number of hydrogen-bond acceptors (Lipinski definition) is 6. The Morgan fingerprint density at radius 3 is 2.67 bits per heavy atom. The summed E-state index contributed by atoms with van der Waals surface area (Å²) in [5.41, 5.74) is 0.549. The van der Waals surface area contributed by atoms with Gasteiger partial charge in [-0.3, -0.25) is 15.0 Å². The largest absolute Gasteiger partial charge is 0.490 e. The van der Waals surface area contributed by atoms with Gasteiger partial charge in [0.05, 0.1) is 13.2 Å². The van der Waals surface area contributed by atoms with Crippen LogP contribution in [0.25, 0.3) is 0 Å². The number of nitrogens with one attached hydrogen (secondary N) is 2. The summed E-state index contributed by atoms with van der Waals surface area (Å²) in [7, 11) is -3.79. The second kappa shape index (κ2) is 10.5. The van der Waals surface area contributed by atoms with E-state index in [0.717, 1.165) is 10.3 Å². The van der Waals surface area contributed by atoms with Gasteiger partial charge in [0.1, 0.15) is 13.3 Å². The molecule has 1 aromatic carbocycles. The molecule has 30 heavy (non-hydrogen) atoms. The van der Waals surface area contributed by atoms with E-state index in [9.17, 15) is 22.4 Å². The summed E-state index contributed by atoms with van der Waals surface area (Å²) in [5.74, 6) is -0.643. The number of halogens is 1. The lowest BCUT2D eigenvalue weighted by Crippen LogP contribution is -2.30. The zero-order chi connectivity index (χ0) is 22.3. The van der Waals surface area contributed by atoms with Crippen molar-refractivity contribution in [1.29, 1.82) is 0 Å². The minimum Gasteiger partial charge on any atom is -0.490 e. The van der Waals surface area contributed by atoms with E-state index in [-0.39, 0.29) is 31.5 Å². The topological polar surface area (TPSA) is 114 Å². The van der Waals surface area contributed by atoms with Crippen molar-refractivity contribution in [1.82, 2.24) is 14.9 Å². The Morgan fingerprint density at radius 1 is 1.30 bits per heavy atom. The fourth-order valence-electron chi connectivity index (χ4n) is 2.49. The lowest BCUT2D eigenvalue weighted by atomic mass is 10.1. The predicted molar refractivity (Wildman–Crippen MR) is 107 cm³/mol. The van der Waals surface area contributed by atoms with Crippen LogP contribution in [-0.4, -0.2) is 51.7 Å². The number of ether oxygens (including phenoxy) is 2. The summed E-state index contributed by atoms with van der Waals surface area (Å²) < 4.78 is 51.4. The van der Waals surface area contributed by atoms with Crippen LogP contribution in [0.15, 0.2) is 29.7 Å². The highest BCUT2D eigenvalue weighted by Crippen LogP contribution is 2.24. The zero-order valence-corrected chi connectivity index (χ0v) is 17.9. The molecular formula is C19H26FN3O6S. The standard InChI is InChI=1S/C19H26FN3O6S/c1-13(2)11-29-17-9-15(5-6-16(17)20)14(3)22-30(26,27)8-4-7-28-12-23-10-18(24)21-19(23)25/h4-6,8-9,13-14,22H,7,10-12H2,1-3H3,(H,21,24,25)/b8-4+/t14-/m1/s1. The number of carbonyl (C=O) groups excluding carboxylic acids is 2. The molecule has 9 nitrogen and oxygen atoms in total. The number of rotatable bonds is 11. The molecule has 0 aromatic heterocycles. The molecule has 0 aliphatic carbocycles. The van der Waals surface area contributed by atoms with Crippen molar-refractivity contribution in [2.45, 2.75) is 26.8 Å². The highest BCUT2D eigenvalue weighted by atomic mass is 32.2. The minimum atomic E-state index is -3.79. The smallest absolute Gasteiger partial charge is 0.326 e. The van der Waals surface area contributed by atoms with E-state index in [1.807, 2.05) is 13.8 Å². The average molecular weight is 443 g/mol. The Bertz CT molecular complexity index is 904. The van der Waals surface area contributed by atoms with Gasteiger partial charge >= 0.3 is 6.03 Å². The van der Waals surface area contributed by atoms with E-state index in [1.165, 1.54) is 24.3 Å². The summed E-state index contributed by atoms with van der Waals surface area (Å²) in [4.78, 5) is 23.5. The van der Waals surface area contributed by atoms with Crippen LogP contribution in [0.4, 0.5) is 9.18 Å². The third kappa shape index (κ3) is 7.39. The van der Waals surface area contributed by atoms with E-state index in [4.69, 9.17) is 9.47 Å². The third-order valence-electron chi connectivity index (χ3n) is 3.97. The van der Waals surface area contributed by atoms with Crippen LogP contribution in [-0.2, 0) is 19.6 Å². The molecule has 0 unspecified atom stereocenters. The predicted octanol–water partition coefficient (Wildman–Crippen LogP) is 1.88. The summed E-state index contributed by atoms with van der Waals surface area (Å²) >= 11 is 0. The Kier molecular flexibility index (Phi) is 8.33. The Labute approximate surface area is 175 Å². The number of urea groups is 1. The maximum Gasteiger partial charge on any atom is 0.326 e. The van der Waals surface area contributed by atoms with Crippen molar-refractivity contribution in [2.24, 2.45) is 5.92 Å². The number of imide groups is 1. The van der Waals surface area contributed by atoms with Crippen molar-refractivity contribution in [2.75, 3.05) is 26.5 Å². The van der Waals surface area contributed by atoms with Crippen molar-refractivity contribution < 1.29 is 31.9 Å². The highest BCUT2D eigenvalue weighted by molar-refractivity contribution is 7.92. The molecule has 1 aromatic rings. The molecular weight excluding hydrogens is 417 g/mol. The molecule has 1 fully saturated rings. The van der Waals surface area contributed by atoms with Crippen molar-refractivity contribution >= 4 is 22.0 Å². The molecule has 1 aliphatic rings. The van der Waals surface area contributed by atoms with Crippen LogP contribution in [0.1, 0.15) is 32.4 Å². The molecule has 1 aliphatic heterocycles. The van der Waals surface area contributed by atoms with Gasteiger partial charge in [-0.25, -0.2) is 22.3 Å². The summed E-state index contributed by atoms with van der Waals surface area (Å²) in [6, 6.07) is 3.02. The van der Waals surface area contributed by atoms with Gasteiger partial charge in [-0.1, -0.05) is 19.9 Å². The van der Waals surface area contributed by atoms with Gasteiger partial charge in [0.15, 0.2) is 11.6 Å². The van der Waals surface area contributed by atoms with Crippen LogP contribution in [0.5, 0.6) is 5.75 Å². The molecule has 3 amide bonds. The first-order chi connectivity index (χ1) is 14.1. The molecule has 2 N–H and O–H groups in total. The van der Waals surface area contributed by atoms with Crippen LogP contribution < -0.4 is 14.8 Å². The number of nitrogens with zero attached hydrogens (tertiary/aromatic N) is 1. The maximum absolute atomic E-state index is 13.9. The van der Waals surface area contributed by atoms with Crippen molar-refractivity contribution in [3.63, 3.8) is 0 Å². The summed E-state index contributed by atoms with van der Waals surface area (Å²) in [6.07, 6.45) is 1.27. The Hall–Kier alpha value is -2.50. The first-order valence-electron chi connectivity index (χ1n) is 9.35. The quantitative estimate of drug-likeness (QED) is 0.399. The van der Waals surface area contributed by atoms with Crippen LogP contribution in [0, 0.1) is 11.7 Å². The zero-order valence-electron chi connectivity index (χ0n) is 17.1. The van der Waals surface area contributed by atoms with Crippen LogP contribution in [0.2, 0.25) is 0 Å². The van der Waals surface area contributed by atoms with E-state index >= 15 is 0 Å². The van der Waals surface area contributed by atoms with E-state index < -0.39 is 33.8 Å². The van der Waals surface area contributed by atoms with Crippen LogP contribution >= 0.6 is 0 Å². The van der Waals surface area contributed by atoms with E-state index in [1.54, 1.807) is 6.92 Å². The third-order valence-corrected chi connectivity index (χ3v) is 5.21. The maximum atomic E-state index is 13.9. The van der Waals surface area contributed by atoms with Gasteiger partial charge in [0, 0.05) is 11.4 Å². The van der Waals surface area contributed by atoms with Crippen molar-refractivity contribution in [3.8, 4) is 5.75 Å². The van der Waals surface area contributed by atoms with Gasteiger partial charge in [-0.2, -0.15) is 0 Å². The fourth-order valence-corrected chi connectivity index (χ4v) is 3.53. The van der Waals surface area contributed by atoms with Gasteiger partial charge in [-0.15, -0.1) is 0 Å². The fraction of sp³-hybridized carbons (Fsp3) is 0.474. The number of benzene rings is 1. The molecule has 0 radical (unpaired) electrons. The van der Waals surface area contributed by atoms with Gasteiger partial charge in [-0.05, 0) is 36.6 Å². The first-order valence-corrected chi connectivity index (χ1v) is 10.9. The average Bonchev–Trinajstić information content (AvgIpc) is 2.97. The second-order valence-corrected chi connectivity index (χ2v) is 8.80. The van der Waals surface area contributed by atoms with Crippen molar-refractivity contribution in [3.05, 3.63) is 41.1 Å². The molecule has 11 heteroatoms. The molecule has 1 heterocycles. The monoisotopic (exact) mass is 443 g/mol. The van der Waals surface area contributed by atoms with Gasteiger partial charge in [0.25, 0.3) is 0 Å². The number of sulfonamides is 1. The van der Waals surface area contributed by atoms with E-state index in [0.29, 0.717) is 12.2 Å². The lowest BCUT2D eigenvalue weighted by Gasteiger charge is -2.16.